The molecule has 2 aromatic carbocycles. The van der Waals surface area contributed by atoms with Crippen LogP contribution in [0.4, 0.5) is 5.69 Å². The number of para-hydroxylation sites is 2. The molecule has 0 spiro atoms. The first kappa shape index (κ1) is 12.5. The number of nitrogens with zero attached hydrogens (tertiary/aromatic N) is 1. The predicted octanol–water partition coefficient (Wildman–Crippen LogP) is 4.23. The van der Waals surface area contributed by atoms with E-state index in [0.717, 1.165) is 27.9 Å². The van der Waals surface area contributed by atoms with Gasteiger partial charge in [0.15, 0.2) is 11.5 Å². The summed E-state index contributed by atoms with van der Waals surface area (Å²) < 4.78 is 6.02. The number of nitrogens with two attached hydrogens (primary N) is 1. The van der Waals surface area contributed by atoms with Crippen molar-refractivity contribution in [2.24, 2.45) is 0 Å². The Morgan fingerprint density at radius 1 is 0.950 bits per heavy atom. The molecule has 3 heteroatoms. The largest absolute Gasteiger partial charge is 0.453 e. The Hall–Kier alpha value is -2.55. The van der Waals surface area contributed by atoms with Gasteiger partial charge in [-0.05, 0) is 37.6 Å². The van der Waals surface area contributed by atoms with Crippen molar-refractivity contribution in [1.82, 2.24) is 4.98 Å². The van der Waals surface area contributed by atoms with Gasteiger partial charge < -0.3 is 10.5 Å². The van der Waals surface area contributed by atoms with Crippen molar-refractivity contribution < 1.29 is 4.74 Å². The summed E-state index contributed by atoms with van der Waals surface area (Å²) in [4.78, 5) is 4.57. The molecule has 2 N–H and O–H groups in total. The van der Waals surface area contributed by atoms with Gasteiger partial charge in [-0.25, -0.2) is 4.98 Å². The van der Waals surface area contributed by atoms with Gasteiger partial charge in [-0.2, -0.15) is 0 Å². The van der Waals surface area contributed by atoms with E-state index in [0.29, 0.717) is 11.4 Å². The fourth-order valence-electron chi connectivity index (χ4n) is 2.22. The second-order valence-electron chi connectivity index (χ2n) is 4.88. The lowest BCUT2D eigenvalue weighted by atomic mass is 10.1. The average molecular weight is 264 g/mol. The third kappa shape index (κ3) is 2.18. The van der Waals surface area contributed by atoms with E-state index < -0.39 is 0 Å². The molecule has 0 bridgehead atoms. The number of ether oxygens (including phenoxy) is 1. The molecule has 0 aliphatic carbocycles. The van der Waals surface area contributed by atoms with Crippen LogP contribution in [0.2, 0.25) is 0 Å². The zero-order valence-electron chi connectivity index (χ0n) is 11.6. The van der Waals surface area contributed by atoms with E-state index in [-0.39, 0.29) is 0 Å². The first-order valence-corrected chi connectivity index (χ1v) is 6.54. The Bertz CT molecular complexity index is 761. The standard InChI is InChI=1S/C17H16N2O/c1-11-5-3-7-14(18)17(11)20-15-8-4-6-13-10-9-12(2)19-16(13)15/h3-10H,18H2,1-2H3. The van der Waals surface area contributed by atoms with Crippen molar-refractivity contribution in [1.29, 1.82) is 0 Å². The molecule has 3 nitrogen and oxygen atoms in total. The van der Waals surface area contributed by atoms with Crippen molar-refractivity contribution in [3.8, 4) is 11.5 Å². The Labute approximate surface area is 118 Å². The average Bonchev–Trinajstić information content (AvgIpc) is 2.43. The van der Waals surface area contributed by atoms with Gasteiger partial charge in [-0.15, -0.1) is 0 Å². The number of aromatic nitrogens is 1. The minimum absolute atomic E-state index is 0.634. The lowest BCUT2D eigenvalue weighted by molar-refractivity contribution is 0.486. The molecule has 0 atom stereocenters. The van der Waals surface area contributed by atoms with Crippen molar-refractivity contribution in [2.45, 2.75) is 13.8 Å². The van der Waals surface area contributed by atoms with E-state index in [9.17, 15) is 0 Å². The lowest BCUT2D eigenvalue weighted by Gasteiger charge is -2.12. The van der Waals surface area contributed by atoms with E-state index in [1.54, 1.807) is 0 Å². The second-order valence-corrected chi connectivity index (χ2v) is 4.88. The predicted molar refractivity (Wildman–Crippen MR) is 82.1 cm³/mol. The number of rotatable bonds is 2. The van der Waals surface area contributed by atoms with E-state index in [1.165, 1.54) is 0 Å². The Kier molecular flexibility index (Phi) is 3.03. The summed E-state index contributed by atoms with van der Waals surface area (Å²) in [7, 11) is 0. The third-order valence-corrected chi connectivity index (χ3v) is 3.28. The van der Waals surface area contributed by atoms with E-state index >= 15 is 0 Å². The number of hydrogen-bond acceptors (Lipinski definition) is 3. The SMILES string of the molecule is Cc1ccc2cccc(Oc3c(C)cccc3N)c2n1. The van der Waals surface area contributed by atoms with Gasteiger partial charge >= 0.3 is 0 Å². The minimum atomic E-state index is 0.634. The van der Waals surface area contributed by atoms with Crippen molar-refractivity contribution in [3.63, 3.8) is 0 Å². The molecule has 0 saturated carbocycles. The van der Waals surface area contributed by atoms with Gasteiger partial charge in [0.05, 0.1) is 5.69 Å². The Morgan fingerprint density at radius 2 is 1.75 bits per heavy atom. The van der Waals surface area contributed by atoms with Crippen LogP contribution in [0, 0.1) is 13.8 Å². The van der Waals surface area contributed by atoms with Crippen LogP contribution in [-0.2, 0) is 0 Å². The molecule has 0 radical (unpaired) electrons. The molecule has 20 heavy (non-hydrogen) atoms. The number of benzene rings is 2. The molecule has 0 aliphatic heterocycles. The van der Waals surface area contributed by atoms with Crippen molar-refractivity contribution in [2.75, 3.05) is 5.73 Å². The van der Waals surface area contributed by atoms with E-state index in [2.05, 4.69) is 4.98 Å². The fraction of sp³-hybridized carbons (Fsp3) is 0.118. The quantitative estimate of drug-likeness (QED) is 0.705. The van der Waals surface area contributed by atoms with Crippen LogP contribution < -0.4 is 10.5 Å². The summed E-state index contributed by atoms with van der Waals surface area (Å²) in [6, 6.07) is 15.7. The van der Waals surface area contributed by atoms with E-state index in [4.69, 9.17) is 10.5 Å². The molecule has 3 aromatic rings. The fourth-order valence-corrected chi connectivity index (χ4v) is 2.22. The summed E-state index contributed by atoms with van der Waals surface area (Å²) in [5.41, 5.74) is 9.46. The number of nitrogen functional groups attached to an aromatic ring is 1. The summed E-state index contributed by atoms with van der Waals surface area (Å²) in [6.45, 7) is 3.95. The highest BCUT2D eigenvalue weighted by Crippen LogP contribution is 2.34. The number of aryl methyl sites for hydroxylation is 2. The van der Waals surface area contributed by atoms with Gasteiger partial charge in [0.2, 0.25) is 0 Å². The molecule has 100 valence electrons. The maximum Gasteiger partial charge on any atom is 0.153 e. The van der Waals surface area contributed by atoms with Gasteiger partial charge in [0, 0.05) is 11.1 Å². The van der Waals surface area contributed by atoms with Crippen molar-refractivity contribution in [3.05, 3.63) is 59.8 Å². The normalized spacial score (nSPS) is 10.7. The van der Waals surface area contributed by atoms with Gasteiger partial charge in [0.25, 0.3) is 0 Å². The van der Waals surface area contributed by atoms with Crippen LogP contribution in [0.5, 0.6) is 11.5 Å². The highest BCUT2D eigenvalue weighted by atomic mass is 16.5. The molecule has 3 rings (SSSR count). The first-order chi connectivity index (χ1) is 9.65. The molecular formula is C17H16N2O. The highest BCUT2D eigenvalue weighted by molar-refractivity contribution is 5.85. The molecule has 0 unspecified atom stereocenters. The zero-order valence-corrected chi connectivity index (χ0v) is 11.6. The maximum atomic E-state index is 6.02. The number of pyridine rings is 1. The minimum Gasteiger partial charge on any atom is -0.453 e. The smallest absolute Gasteiger partial charge is 0.153 e. The van der Waals surface area contributed by atoms with Crippen LogP contribution >= 0.6 is 0 Å². The maximum absolute atomic E-state index is 6.02. The summed E-state index contributed by atoms with van der Waals surface area (Å²) >= 11 is 0. The molecular weight excluding hydrogens is 248 g/mol. The Morgan fingerprint density at radius 3 is 2.55 bits per heavy atom. The number of fused-ring (bicyclic) bond motifs is 1. The van der Waals surface area contributed by atoms with E-state index in [1.807, 2.05) is 62.4 Å². The topological polar surface area (TPSA) is 48.1 Å². The molecule has 0 fully saturated rings. The van der Waals surface area contributed by atoms with Crippen LogP contribution in [0.25, 0.3) is 10.9 Å². The highest BCUT2D eigenvalue weighted by Gasteiger charge is 2.09. The number of hydrogen-bond donors (Lipinski definition) is 1. The van der Waals surface area contributed by atoms with Crippen molar-refractivity contribution >= 4 is 16.6 Å². The van der Waals surface area contributed by atoms with Crippen LogP contribution in [0.3, 0.4) is 0 Å². The molecule has 1 heterocycles. The summed E-state index contributed by atoms with van der Waals surface area (Å²) in [6.07, 6.45) is 0. The first-order valence-electron chi connectivity index (χ1n) is 6.54. The van der Waals surface area contributed by atoms with Gasteiger partial charge in [-0.3, -0.25) is 0 Å². The molecule has 0 amide bonds. The molecule has 0 saturated heterocycles. The number of anilines is 1. The third-order valence-electron chi connectivity index (χ3n) is 3.28. The van der Waals surface area contributed by atoms with Crippen LogP contribution in [0.15, 0.2) is 48.5 Å². The van der Waals surface area contributed by atoms with Crippen LogP contribution in [-0.4, -0.2) is 4.98 Å². The second kappa shape index (κ2) is 4.85. The van der Waals surface area contributed by atoms with Gasteiger partial charge in [0.1, 0.15) is 5.52 Å². The summed E-state index contributed by atoms with van der Waals surface area (Å²) in [5, 5.41) is 1.06. The zero-order chi connectivity index (χ0) is 14.1. The molecule has 0 aliphatic rings. The van der Waals surface area contributed by atoms with Crippen LogP contribution in [0.1, 0.15) is 11.3 Å². The Balaban J connectivity index is 2.13. The monoisotopic (exact) mass is 264 g/mol. The lowest BCUT2D eigenvalue weighted by Crippen LogP contribution is -1.96. The molecule has 1 aromatic heterocycles. The summed E-state index contributed by atoms with van der Waals surface area (Å²) in [5.74, 6) is 1.43. The van der Waals surface area contributed by atoms with Gasteiger partial charge in [-0.1, -0.05) is 30.3 Å².